The van der Waals surface area contributed by atoms with E-state index in [4.69, 9.17) is 10.5 Å². The van der Waals surface area contributed by atoms with E-state index in [1.807, 2.05) is 0 Å². The molecule has 0 radical (unpaired) electrons. The number of nitrogens with two attached hydrogens (primary N) is 1. The predicted molar refractivity (Wildman–Crippen MR) is 110 cm³/mol. The molecular formula is C21H16F3N5O3. The first-order valence-electron chi connectivity index (χ1n) is 9.08. The van der Waals surface area contributed by atoms with E-state index in [1.165, 1.54) is 24.7 Å². The molecule has 0 saturated carbocycles. The molecule has 3 rings (SSSR count). The Bertz CT molecular complexity index is 1140. The average Bonchev–Trinajstić information content (AvgIpc) is 2.78. The molecule has 0 atom stereocenters. The van der Waals surface area contributed by atoms with Crippen molar-refractivity contribution in [2.24, 2.45) is 5.10 Å². The average molecular weight is 443 g/mol. The molecule has 0 aliphatic rings. The summed E-state index contributed by atoms with van der Waals surface area (Å²) in [5, 5.41) is 4.72. The fourth-order valence-electron chi connectivity index (χ4n) is 2.52. The highest BCUT2D eigenvalue weighted by atomic mass is 19.4. The van der Waals surface area contributed by atoms with Crippen molar-refractivity contribution in [3.8, 4) is 0 Å². The van der Waals surface area contributed by atoms with Crippen molar-refractivity contribution in [2.75, 3.05) is 17.3 Å². The van der Waals surface area contributed by atoms with Gasteiger partial charge in [0.1, 0.15) is 0 Å². The van der Waals surface area contributed by atoms with E-state index >= 15 is 0 Å². The zero-order chi connectivity index (χ0) is 23.1. The Morgan fingerprint density at radius 1 is 1.06 bits per heavy atom. The van der Waals surface area contributed by atoms with E-state index in [1.54, 1.807) is 30.3 Å². The molecule has 0 bridgehead atoms. The number of hydrogen-bond donors (Lipinski definition) is 1. The summed E-state index contributed by atoms with van der Waals surface area (Å²) < 4.78 is 44.3. The highest BCUT2D eigenvalue weighted by Gasteiger charge is 2.31. The lowest BCUT2D eigenvalue weighted by molar-refractivity contribution is -0.137. The Morgan fingerprint density at radius 2 is 1.78 bits per heavy atom. The predicted octanol–water partition coefficient (Wildman–Crippen LogP) is 3.30. The van der Waals surface area contributed by atoms with Gasteiger partial charge in [-0.1, -0.05) is 36.4 Å². The second-order valence-corrected chi connectivity index (χ2v) is 6.28. The second kappa shape index (κ2) is 9.69. The number of hydrazone groups is 1. The van der Waals surface area contributed by atoms with Gasteiger partial charge in [0.15, 0.2) is 18.1 Å². The number of halogens is 3. The number of carbonyl (C=O) groups is 2. The van der Waals surface area contributed by atoms with Crippen molar-refractivity contribution in [3.05, 3.63) is 83.8 Å². The molecule has 0 unspecified atom stereocenters. The third kappa shape index (κ3) is 5.65. The zero-order valence-corrected chi connectivity index (χ0v) is 16.4. The summed E-state index contributed by atoms with van der Waals surface area (Å²) in [5.41, 5.74) is 4.73. The SMILES string of the molecule is Nc1nccnc1C(=O)OCC(=O)N(N=Cc1ccccc1)c1cccc(C(F)(F)F)c1. The van der Waals surface area contributed by atoms with Crippen LogP contribution in [0.4, 0.5) is 24.7 Å². The Hall–Kier alpha value is -4.28. The van der Waals surface area contributed by atoms with Crippen LogP contribution in [0, 0.1) is 0 Å². The molecule has 0 spiro atoms. The number of rotatable bonds is 6. The number of nitrogen functional groups attached to an aromatic ring is 1. The van der Waals surface area contributed by atoms with Gasteiger partial charge in [-0.3, -0.25) is 4.79 Å². The first kappa shape index (κ1) is 22.4. The number of hydrogen-bond acceptors (Lipinski definition) is 7. The van der Waals surface area contributed by atoms with Crippen molar-refractivity contribution >= 4 is 29.6 Å². The Labute approximate surface area is 180 Å². The number of anilines is 2. The maximum absolute atomic E-state index is 13.1. The minimum Gasteiger partial charge on any atom is -0.451 e. The summed E-state index contributed by atoms with van der Waals surface area (Å²) in [6, 6.07) is 12.7. The molecule has 0 saturated heterocycles. The van der Waals surface area contributed by atoms with Gasteiger partial charge in [0, 0.05) is 12.4 Å². The van der Waals surface area contributed by atoms with Gasteiger partial charge < -0.3 is 10.5 Å². The van der Waals surface area contributed by atoms with Gasteiger partial charge in [-0.05, 0) is 23.8 Å². The topological polar surface area (TPSA) is 111 Å². The van der Waals surface area contributed by atoms with E-state index in [2.05, 4.69) is 15.1 Å². The molecule has 11 heteroatoms. The van der Waals surface area contributed by atoms with Crippen LogP contribution in [0.3, 0.4) is 0 Å². The maximum Gasteiger partial charge on any atom is 0.416 e. The number of ether oxygens (including phenoxy) is 1. The van der Waals surface area contributed by atoms with Crippen molar-refractivity contribution in [1.29, 1.82) is 0 Å². The van der Waals surface area contributed by atoms with Gasteiger partial charge in [0.2, 0.25) is 0 Å². The largest absolute Gasteiger partial charge is 0.451 e. The summed E-state index contributed by atoms with van der Waals surface area (Å²) >= 11 is 0. The van der Waals surface area contributed by atoms with Crippen molar-refractivity contribution in [1.82, 2.24) is 9.97 Å². The molecule has 0 fully saturated rings. The van der Waals surface area contributed by atoms with Crippen molar-refractivity contribution in [2.45, 2.75) is 6.18 Å². The number of nitrogens with zero attached hydrogens (tertiary/aromatic N) is 4. The number of carbonyl (C=O) groups excluding carboxylic acids is 2. The van der Waals surface area contributed by atoms with Crippen LogP contribution in [0.15, 0.2) is 72.1 Å². The fraction of sp³-hybridized carbons (Fsp3) is 0.0952. The normalized spacial score (nSPS) is 11.3. The minimum atomic E-state index is -4.62. The minimum absolute atomic E-state index is 0.160. The summed E-state index contributed by atoms with van der Waals surface area (Å²) in [4.78, 5) is 32.3. The summed E-state index contributed by atoms with van der Waals surface area (Å²) in [5.74, 6) is -2.10. The second-order valence-electron chi connectivity index (χ2n) is 6.28. The maximum atomic E-state index is 13.1. The van der Waals surface area contributed by atoms with Crippen LogP contribution in [-0.2, 0) is 15.7 Å². The van der Waals surface area contributed by atoms with E-state index in [9.17, 15) is 22.8 Å². The molecule has 0 aliphatic carbocycles. The van der Waals surface area contributed by atoms with Gasteiger partial charge in [0.05, 0.1) is 17.5 Å². The highest BCUT2D eigenvalue weighted by Crippen LogP contribution is 2.31. The third-order valence-electron chi connectivity index (χ3n) is 4.02. The van der Waals surface area contributed by atoms with Crippen LogP contribution in [0.25, 0.3) is 0 Å². The molecule has 8 nitrogen and oxygen atoms in total. The van der Waals surface area contributed by atoms with Crippen LogP contribution < -0.4 is 10.7 Å². The van der Waals surface area contributed by atoms with Crippen LogP contribution in [0.2, 0.25) is 0 Å². The molecule has 3 aromatic rings. The zero-order valence-electron chi connectivity index (χ0n) is 16.4. The monoisotopic (exact) mass is 443 g/mol. The molecule has 0 aliphatic heterocycles. The van der Waals surface area contributed by atoms with Gasteiger partial charge in [-0.2, -0.15) is 23.3 Å². The molecule has 164 valence electrons. The Morgan fingerprint density at radius 3 is 2.47 bits per heavy atom. The Kier molecular flexibility index (Phi) is 6.78. The number of amides is 1. The van der Waals surface area contributed by atoms with Crippen LogP contribution in [-0.4, -0.2) is 34.7 Å². The molecule has 1 amide bonds. The van der Waals surface area contributed by atoms with E-state index in [0.29, 0.717) is 5.56 Å². The summed E-state index contributed by atoms with van der Waals surface area (Å²) in [6.07, 6.45) is -0.844. The third-order valence-corrected chi connectivity index (χ3v) is 4.02. The smallest absolute Gasteiger partial charge is 0.416 e. The van der Waals surface area contributed by atoms with Crippen LogP contribution in [0.5, 0.6) is 0 Å². The highest BCUT2D eigenvalue weighted by molar-refractivity contribution is 5.98. The number of esters is 1. The van der Waals surface area contributed by atoms with Gasteiger partial charge >= 0.3 is 12.1 Å². The molecule has 1 aromatic heterocycles. The lowest BCUT2D eigenvalue weighted by Crippen LogP contribution is -2.31. The summed E-state index contributed by atoms with van der Waals surface area (Å²) in [7, 11) is 0. The number of aromatic nitrogens is 2. The summed E-state index contributed by atoms with van der Waals surface area (Å²) in [6.45, 7) is -0.822. The number of alkyl halides is 3. The van der Waals surface area contributed by atoms with E-state index in [-0.39, 0.29) is 17.2 Å². The molecular weight excluding hydrogens is 427 g/mol. The van der Waals surface area contributed by atoms with Gasteiger partial charge in [0.25, 0.3) is 5.91 Å². The van der Waals surface area contributed by atoms with E-state index < -0.39 is 30.2 Å². The van der Waals surface area contributed by atoms with Crippen molar-refractivity contribution < 1.29 is 27.5 Å². The number of benzene rings is 2. The molecule has 2 N–H and O–H groups in total. The van der Waals surface area contributed by atoms with Crippen molar-refractivity contribution in [3.63, 3.8) is 0 Å². The quantitative estimate of drug-likeness (QED) is 0.356. The fourth-order valence-corrected chi connectivity index (χ4v) is 2.52. The lowest BCUT2D eigenvalue weighted by Gasteiger charge is -2.18. The molecule has 32 heavy (non-hydrogen) atoms. The van der Waals surface area contributed by atoms with Gasteiger partial charge in [-0.25, -0.2) is 14.8 Å². The standard InChI is InChI=1S/C21H16F3N5O3/c22-21(23,24)15-7-4-8-16(11-15)29(28-12-14-5-2-1-3-6-14)17(30)13-32-20(31)18-19(25)27-10-9-26-18/h1-12H,13H2,(H2,25,27). The van der Waals surface area contributed by atoms with Gasteiger partial charge in [-0.15, -0.1) is 0 Å². The molecule has 1 heterocycles. The van der Waals surface area contributed by atoms with Crippen LogP contribution in [0.1, 0.15) is 21.6 Å². The Balaban J connectivity index is 1.85. The first-order chi connectivity index (χ1) is 15.3. The van der Waals surface area contributed by atoms with E-state index in [0.717, 1.165) is 23.2 Å². The molecule has 2 aromatic carbocycles. The lowest BCUT2D eigenvalue weighted by atomic mass is 10.2. The first-order valence-corrected chi connectivity index (χ1v) is 9.08. The van der Waals surface area contributed by atoms with Crippen LogP contribution >= 0.6 is 0 Å².